The number of hydrogen-bond donors (Lipinski definition) is 2. The molecule has 1 saturated heterocycles. The van der Waals surface area contributed by atoms with Crippen LogP contribution in [0.1, 0.15) is 51.0 Å². The third-order valence-corrected chi connectivity index (χ3v) is 10.1. The molecule has 2 aromatic rings. The topological polar surface area (TPSA) is 96.7 Å². The lowest BCUT2D eigenvalue weighted by Gasteiger charge is -2.34. The second-order valence-electron chi connectivity index (χ2n) is 10.1. The fraction of sp³-hybridized carbons (Fsp3) is 0.500. The zero-order chi connectivity index (χ0) is 28.7. The highest BCUT2D eigenvalue weighted by molar-refractivity contribution is 14.2. The molecule has 0 unspecified atom stereocenters. The molecule has 2 aliphatic rings. The molecule has 0 bridgehead atoms. The summed E-state index contributed by atoms with van der Waals surface area (Å²) in [5, 5.41) is 14.1. The maximum atomic E-state index is 13.2. The van der Waals surface area contributed by atoms with Gasteiger partial charge in [0.1, 0.15) is 11.3 Å². The first kappa shape index (κ1) is 30.1. The Morgan fingerprint density at radius 1 is 1.10 bits per heavy atom. The van der Waals surface area contributed by atoms with Crippen LogP contribution in [0.4, 0.5) is 30.2 Å². The number of piperidine rings is 1. The fourth-order valence-corrected chi connectivity index (χ4v) is 7.29. The second-order valence-corrected chi connectivity index (χ2v) is 12.7. The van der Waals surface area contributed by atoms with Gasteiger partial charge in [-0.15, -0.1) is 0 Å². The van der Waals surface area contributed by atoms with Crippen molar-refractivity contribution in [1.82, 2.24) is 5.32 Å². The molecule has 4 rings (SSSR count). The van der Waals surface area contributed by atoms with Gasteiger partial charge in [0.25, 0.3) is 5.69 Å². The second kappa shape index (κ2) is 13.6. The van der Waals surface area contributed by atoms with Crippen molar-refractivity contribution in [3.63, 3.8) is 0 Å². The maximum absolute atomic E-state index is 13.2. The van der Waals surface area contributed by atoms with Gasteiger partial charge >= 0.3 is 6.18 Å². The summed E-state index contributed by atoms with van der Waals surface area (Å²) >= 11 is -0.751. The van der Waals surface area contributed by atoms with Crippen LogP contribution in [0.15, 0.2) is 42.5 Å². The number of carbonyl (C=O) groups is 1. The van der Waals surface area contributed by atoms with E-state index >= 15 is 0 Å². The monoisotopic (exact) mass is 674 g/mol. The highest BCUT2D eigenvalue weighted by atomic mass is 127. The van der Waals surface area contributed by atoms with Gasteiger partial charge in [-0.05, 0) is 112 Å². The Morgan fingerprint density at radius 2 is 1.77 bits per heavy atom. The van der Waals surface area contributed by atoms with Crippen LogP contribution in [-0.2, 0) is 11.0 Å². The van der Waals surface area contributed by atoms with Gasteiger partial charge in [0, 0.05) is 43.0 Å². The molecule has 218 valence electrons. The van der Waals surface area contributed by atoms with Crippen molar-refractivity contribution in [3.05, 3.63) is 58.1 Å². The number of anilines is 2. The molecular weight excluding hydrogens is 640 g/mol. The minimum absolute atomic E-state index is 0.0482. The van der Waals surface area contributed by atoms with Crippen LogP contribution >= 0.6 is 21.0 Å². The predicted molar refractivity (Wildman–Crippen MR) is 158 cm³/mol. The van der Waals surface area contributed by atoms with Crippen LogP contribution in [0.25, 0.3) is 0 Å². The quantitative estimate of drug-likeness (QED) is 0.133. The summed E-state index contributed by atoms with van der Waals surface area (Å²) in [6.45, 7) is 5.19. The number of nitrogens with one attached hydrogen (secondary N) is 2. The Hall–Kier alpha value is -2.90. The molecule has 1 aliphatic heterocycles. The van der Waals surface area contributed by atoms with Crippen molar-refractivity contribution in [3.8, 4) is 5.75 Å². The number of carbonyl (C=O) groups excluding carboxylic acids is 1. The van der Waals surface area contributed by atoms with Crippen molar-refractivity contribution >= 4 is 47.5 Å². The summed E-state index contributed by atoms with van der Waals surface area (Å²) in [5.41, 5.74) is -0.786. The van der Waals surface area contributed by atoms with E-state index in [9.17, 15) is 28.1 Å². The van der Waals surface area contributed by atoms with Gasteiger partial charge in [0.05, 0.1) is 11.5 Å². The Bertz CT molecular complexity index is 1210. The smallest absolute Gasteiger partial charge is 0.423 e. The molecule has 40 heavy (non-hydrogen) atoms. The number of nitro groups is 1. The summed E-state index contributed by atoms with van der Waals surface area (Å²) in [7, 11) is 0. The lowest BCUT2D eigenvalue weighted by molar-refractivity contribution is -0.388. The van der Waals surface area contributed by atoms with Gasteiger partial charge in [-0.1, -0.05) is 0 Å². The first-order valence-electron chi connectivity index (χ1n) is 13.5. The van der Waals surface area contributed by atoms with Crippen LogP contribution < -0.4 is 18.5 Å². The standard InChI is InChI=1S/C28H34F3IN4O4/c1-2-40-24-10-8-23(9-11-24)35-15-13-19(14-16-35)18-33-27(37)20-3-5-21(6-4-20)32-34-22-7-12-26(36(38)39)25(17-22)28(29,30)31/h7-12,17,19-20,34H,2-6,13-16,18H2,1H3,(H,33,37). The number of rotatable bonds is 9. The van der Waals surface area contributed by atoms with Gasteiger partial charge in [-0.25, -0.2) is 0 Å². The predicted octanol–water partition coefficient (Wildman–Crippen LogP) is 6.71. The van der Waals surface area contributed by atoms with Crippen LogP contribution in [0.3, 0.4) is 0 Å². The molecular formula is C28H34F3IN4O4. The summed E-state index contributed by atoms with van der Waals surface area (Å²) in [6.07, 6.45) is 0.218. The molecule has 12 heteroatoms. The summed E-state index contributed by atoms with van der Waals surface area (Å²) in [5.74, 6) is 1.36. The number of nitro benzene ring substituents is 1. The van der Waals surface area contributed by atoms with E-state index in [1.165, 1.54) is 15.3 Å². The summed E-state index contributed by atoms with van der Waals surface area (Å²) < 4.78 is 49.5. The molecule has 0 spiro atoms. The SMILES string of the molecule is CCOc1ccc(N2CCC(CNC(=O)C3CCC(=INc4ccc([N+](=O)[O-])c(C(F)(F)F)c4)CC3)CC2)cc1. The van der Waals surface area contributed by atoms with Crippen molar-refractivity contribution < 1.29 is 27.6 Å². The number of nitrogens with zero attached hydrogens (tertiary/aromatic N) is 2. The zero-order valence-corrected chi connectivity index (χ0v) is 24.5. The van der Waals surface area contributed by atoms with E-state index in [1.807, 2.05) is 19.1 Å². The third-order valence-electron chi connectivity index (χ3n) is 7.38. The minimum Gasteiger partial charge on any atom is -0.494 e. The Labute approximate surface area is 241 Å². The Kier molecular flexibility index (Phi) is 10.3. The molecule has 0 atom stereocenters. The highest BCUT2D eigenvalue weighted by Gasteiger charge is 2.38. The molecule has 2 fully saturated rings. The van der Waals surface area contributed by atoms with Crippen LogP contribution in [0, 0.1) is 22.0 Å². The van der Waals surface area contributed by atoms with Crippen LogP contribution in [0.5, 0.6) is 5.75 Å². The van der Waals surface area contributed by atoms with E-state index in [1.54, 1.807) is 0 Å². The Balaban J connectivity index is 1.19. The van der Waals surface area contributed by atoms with Gasteiger partial charge in [0.15, 0.2) is 0 Å². The maximum Gasteiger partial charge on any atom is 0.423 e. The molecule has 2 aromatic carbocycles. The first-order valence-corrected chi connectivity index (χ1v) is 15.7. The minimum atomic E-state index is -4.80. The highest BCUT2D eigenvalue weighted by Crippen LogP contribution is 2.38. The van der Waals surface area contributed by atoms with Crippen molar-refractivity contribution in [2.45, 2.75) is 51.6 Å². The average molecular weight is 675 g/mol. The van der Waals surface area contributed by atoms with E-state index in [4.69, 9.17) is 4.74 Å². The van der Waals surface area contributed by atoms with E-state index in [0.717, 1.165) is 69.5 Å². The molecule has 2 N–H and O–H groups in total. The number of hydrogen-bond acceptors (Lipinski definition) is 6. The van der Waals surface area contributed by atoms with E-state index in [0.29, 0.717) is 19.1 Å². The molecule has 1 amide bonds. The molecule has 8 nitrogen and oxygen atoms in total. The van der Waals surface area contributed by atoms with Gasteiger partial charge in [0.2, 0.25) is 5.91 Å². The van der Waals surface area contributed by atoms with Gasteiger partial charge in [-0.2, -0.15) is 13.2 Å². The number of benzene rings is 2. The third kappa shape index (κ3) is 8.07. The molecule has 1 aliphatic carbocycles. The normalized spacial score (nSPS) is 18.4. The van der Waals surface area contributed by atoms with Gasteiger partial charge in [-0.3, -0.25) is 14.9 Å². The zero-order valence-electron chi connectivity index (χ0n) is 22.3. The summed E-state index contributed by atoms with van der Waals surface area (Å²) in [6, 6.07) is 11.2. The summed E-state index contributed by atoms with van der Waals surface area (Å²) in [4.78, 5) is 25.1. The Morgan fingerprint density at radius 3 is 2.38 bits per heavy atom. The fourth-order valence-electron chi connectivity index (χ4n) is 5.09. The van der Waals surface area contributed by atoms with Crippen molar-refractivity contribution in [2.75, 3.05) is 34.7 Å². The van der Waals surface area contributed by atoms with Gasteiger partial charge < -0.3 is 18.5 Å². The molecule has 0 aromatic heterocycles. The van der Waals surface area contributed by atoms with Crippen molar-refractivity contribution in [1.29, 1.82) is 0 Å². The van der Waals surface area contributed by atoms with E-state index in [2.05, 4.69) is 25.9 Å². The van der Waals surface area contributed by atoms with E-state index in [-0.39, 0.29) is 17.5 Å². The lowest BCUT2D eigenvalue weighted by Crippen LogP contribution is -2.40. The largest absolute Gasteiger partial charge is 0.494 e. The average Bonchev–Trinajstić information content (AvgIpc) is 2.95. The first-order chi connectivity index (χ1) is 19.1. The van der Waals surface area contributed by atoms with Crippen LogP contribution in [-0.4, -0.2) is 40.6 Å². The number of alkyl halides is 3. The lowest BCUT2D eigenvalue weighted by atomic mass is 9.88. The van der Waals surface area contributed by atoms with Crippen LogP contribution in [0.2, 0.25) is 0 Å². The number of ether oxygens (including phenoxy) is 1. The van der Waals surface area contributed by atoms with E-state index < -0.39 is 43.4 Å². The van der Waals surface area contributed by atoms with Crippen molar-refractivity contribution in [2.24, 2.45) is 11.8 Å². The molecule has 1 saturated carbocycles. The molecule has 0 radical (unpaired) electrons. The number of halogens is 4. The number of amides is 1. The molecule has 1 heterocycles.